The normalized spacial score (nSPS) is 28.2. The number of anilines is 1. The molecule has 0 aromatic carbocycles. The molecule has 2 aromatic heterocycles. The van der Waals surface area contributed by atoms with E-state index in [9.17, 15) is 19.0 Å². The molecule has 0 aliphatic heterocycles. The zero-order chi connectivity index (χ0) is 20.5. The number of nitrogens with zero attached hydrogens (tertiary/aromatic N) is 3. The largest absolute Gasteiger partial charge is 0.474 e. The number of nitrogens with one attached hydrogen (secondary N) is 1. The molecule has 0 bridgehead atoms. The van der Waals surface area contributed by atoms with Gasteiger partial charge in [0.1, 0.15) is 6.10 Å². The number of aliphatic hydroxyl groups is 2. The maximum atomic E-state index is 12.9. The summed E-state index contributed by atoms with van der Waals surface area (Å²) in [4.78, 5) is 13.2. The number of fused-ring (bicyclic) bond motifs is 1. The molecule has 2 heterocycles. The highest BCUT2D eigenvalue weighted by molar-refractivity contribution is 5.86. The van der Waals surface area contributed by atoms with Crippen LogP contribution in [-0.2, 0) is 0 Å². The molecule has 9 heteroatoms. The number of aromatic nitrogens is 3. The Bertz CT molecular complexity index is 855. The standard InChI is InChI=1S/C20H26F2N4O3/c1-10(18(21)22)25-20-24-9-16-17(26-20)15(11-2-4-12(27)5-3-11)8-23-19(16)29-14-6-13(28)7-14/h8-14,18,27-28H,2-7H2,1H3,(H,24,25,26)/t10-,11?,12?,13?,14?/m0/s1. The van der Waals surface area contributed by atoms with E-state index in [-0.39, 0.29) is 30.2 Å². The van der Waals surface area contributed by atoms with Crippen LogP contribution >= 0.6 is 0 Å². The van der Waals surface area contributed by atoms with E-state index in [0.29, 0.717) is 42.5 Å². The SMILES string of the molecule is C[C@H](Nc1ncc2c(OC3CC(O)C3)ncc(C3CCC(O)CC3)c2n1)C(F)F. The lowest BCUT2D eigenvalue weighted by atomic mass is 9.83. The van der Waals surface area contributed by atoms with Crippen molar-refractivity contribution in [2.75, 3.05) is 5.32 Å². The maximum Gasteiger partial charge on any atom is 0.258 e. The molecule has 2 aliphatic rings. The topological polar surface area (TPSA) is 100 Å². The molecule has 158 valence electrons. The Hall–Kier alpha value is -2.13. The number of ether oxygens (including phenoxy) is 1. The molecule has 2 saturated carbocycles. The third-order valence-corrected chi connectivity index (χ3v) is 5.83. The maximum absolute atomic E-state index is 12.9. The van der Waals surface area contributed by atoms with Gasteiger partial charge in [-0.25, -0.2) is 23.7 Å². The zero-order valence-corrected chi connectivity index (χ0v) is 16.3. The summed E-state index contributed by atoms with van der Waals surface area (Å²) in [6.45, 7) is 1.38. The molecular formula is C20H26F2N4O3. The third kappa shape index (κ3) is 4.40. The van der Waals surface area contributed by atoms with Crippen LogP contribution in [0.3, 0.4) is 0 Å². The Morgan fingerprint density at radius 3 is 2.45 bits per heavy atom. The van der Waals surface area contributed by atoms with Crippen LogP contribution in [0.15, 0.2) is 12.4 Å². The van der Waals surface area contributed by atoms with Gasteiger partial charge in [0.15, 0.2) is 0 Å². The Morgan fingerprint density at radius 2 is 1.79 bits per heavy atom. The fraction of sp³-hybridized carbons (Fsp3) is 0.650. The molecule has 4 rings (SSSR count). The molecule has 0 radical (unpaired) electrons. The Morgan fingerprint density at radius 1 is 1.07 bits per heavy atom. The van der Waals surface area contributed by atoms with E-state index in [2.05, 4.69) is 20.3 Å². The van der Waals surface area contributed by atoms with Gasteiger partial charge in [0.05, 0.1) is 29.2 Å². The van der Waals surface area contributed by atoms with Gasteiger partial charge in [0.25, 0.3) is 6.43 Å². The van der Waals surface area contributed by atoms with Crippen molar-refractivity contribution in [1.82, 2.24) is 15.0 Å². The molecule has 0 spiro atoms. The van der Waals surface area contributed by atoms with E-state index in [4.69, 9.17) is 4.74 Å². The van der Waals surface area contributed by atoms with Crippen LogP contribution in [0.5, 0.6) is 5.88 Å². The predicted octanol–water partition coefficient (Wildman–Crippen LogP) is 3.01. The molecule has 0 amide bonds. The molecule has 2 aromatic rings. The third-order valence-electron chi connectivity index (χ3n) is 5.83. The van der Waals surface area contributed by atoms with E-state index in [1.807, 2.05) is 0 Å². The van der Waals surface area contributed by atoms with Crippen molar-refractivity contribution in [2.24, 2.45) is 0 Å². The van der Waals surface area contributed by atoms with Crippen molar-refractivity contribution in [3.63, 3.8) is 0 Å². The van der Waals surface area contributed by atoms with Gasteiger partial charge in [-0.05, 0) is 38.5 Å². The lowest BCUT2D eigenvalue weighted by Gasteiger charge is -2.31. The molecule has 0 saturated heterocycles. The minimum absolute atomic E-state index is 0.104. The van der Waals surface area contributed by atoms with Crippen LogP contribution in [-0.4, -0.2) is 55.9 Å². The molecular weight excluding hydrogens is 382 g/mol. The van der Waals surface area contributed by atoms with Crippen LogP contribution in [0.2, 0.25) is 0 Å². The van der Waals surface area contributed by atoms with Gasteiger partial charge in [0.2, 0.25) is 11.8 Å². The highest BCUT2D eigenvalue weighted by atomic mass is 19.3. The zero-order valence-electron chi connectivity index (χ0n) is 16.3. The summed E-state index contributed by atoms with van der Waals surface area (Å²) < 4.78 is 31.8. The van der Waals surface area contributed by atoms with Crippen LogP contribution in [0.4, 0.5) is 14.7 Å². The first-order chi connectivity index (χ1) is 13.9. The summed E-state index contributed by atoms with van der Waals surface area (Å²) in [5.74, 6) is 0.715. The summed E-state index contributed by atoms with van der Waals surface area (Å²) in [5, 5.41) is 22.6. The van der Waals surface area contributed by atoms with Crippen LogP contribution in [0, 0.1) is 0 Å². The second-order valence-electron chi connectivity index (χ2n) is 8.11. The van der Waals surface area contributed by atoms with Gasteiger partial charge < -0.3 is 20.3 Å². The second-order valence-corrected chi connectivity index (χ2v) is 8.11. The van der Waals surface area contributed by atoms with Gasteiger partial charge >= 0.3 is 0 Å². The van der Waals surface area contributed by atoms with E-state index < -0.39 is 12.5 Å². The molecule has 2 fully saturated rings. The van der Waals surface area contributed by atoms with Crippen molar-refractivity contribution in [3.05, 3.63) is 18.0 Å². The summed E-state index contributed by atoms with van der Waals surface area (Å²) >= 11 is 0. The summed E-state index contributed by atoms with van der Waals surface area (Å²) in [6.07, 6.45) is 4.19. The summed E-state index contributed by atoms with van der Waals surface area (Å²) in [6, 6.07) is -1.07. The number of alkyl halides is 2. The molecule has 3 N–H and O–H groups in total. The van der Waals surface area contributed by atoms with Crippen LogP contribution < -0.4 is 10.1 Å². The highest BCUT2D eigenvalue weighted by Gasteiger charge is 2.31. The molecule has 29 heavy (non-hydrogen) atoms. The number of hydrogen-bond donors (Lipinski definition) is 3. The number of halogens is 2. The average Bonchev–Trinajstić information content (AvgIpc) is 2.67. The Balaban J connectivity index is 1.68. The van der Waals surface area contributed by atoms with Crippen molar-refractivity contribution in [2.45, 2.75) is 82.1 Å². The molecule has 2 aliphatic carbocycles. The first-order valence-corrected chi connectivity index (χ1v) is 10.1. The number of aliphatic hydroxyl groups excluding tert-OH is 2. The van der Waals surface area contributed by atoms with Crippen molar-refractivity contribution in [1.29, 1.82) is 0 Å². The fourth-order valence-electron chi connectivity index (χ4n) is 3.92. The number of pyridine rings is 1. The first-order valence-electron chi connectivity index (χ1n) is 10.1. The average molecular weight is 408 g/mol. The number of hydrogen-bond acceptors (Lipinski definition) is 7. The lowest BCUT2D eigenvalue weighted by molar-refractivity contribution is -0.0120. The fourth-order valence-corrected chi connectivity index (χ4v) is 3.92. The Labute approximate surface area is 167 Å². The van der Waals surface area contributed by atoms with Gasteiger partial charge in [-0.15, -0.1) is 0 Å². The van der Waals surface area contributed by atoms with Crippen molar-refractivity contribution < 1.29 is 23.7 Å². The van der Waals surface area contributed by atoms with E-state index in [1.54, 1.807) is 12.4 Å². The summed E-state index contributed by atoms with van der Waals surface area (Å²) in [7, 11) is 0. The van der Waals surface area contributed by atoms with Crippen molar-refractivity contribution >= 4 is 16.9 Å². The lowest BCUT2D eigenvalue weighted by Crippen LogP contribution is -2.37. The van der Waals surface area contributed by atoms with Gasteiger partial charge in [-0.1, -0.05) is 0 Å². The predicted molar refractivity (Wildman–Crippen MR) is 103 cm³/mol. The monoisotopic (exact) mass is 408 g/mol. The molecule has 0 unspecified atom stereocenters. The van der Waals surface area contributed by atoms with E-state index in [1.165, 1.54) is 6.92 Å². The minimum atomic E-state index is -2.53. The van der Waals surface area contributed by atoms with Crippen molar-refractivity contribution in [3.8, 4) is 5.88 Å². The molecule has 7 nitrogen and oxygen atoms in total. The Kier molecular flexibility index (Phi) is 5.78. The highest BCUT2D eigenvalue weighted by Crippen LogP contribution is 2.38. The molecule has 1 atom stereocenters. The van der Waals surface area contributed by atoms with Gasteiger partial charge in [0, 0.05) is 30.8 Å². The second kappa shape index (κ2) is 8.31. The van der Waals surface area contributed by atoms with Crippen LogP contribution in [0.25, 0.3) is 10.9 Å². The smallest absolute Gasteiger partial charge is 0.258 e. The number of rotatable bonds is 6. The van der Waals surface area contributed by atoms with Gasteiger partial charge in [-0.3, -0.25) is 0 Å². The summed E-state index contributed by atoms with van der Waals surface area (Å²) in [5.41, 5.74) is 1.55. The minimum Gasteiger partial charge on any atom is -0.474 e. The van der Waals surface area contributed by atoms with E-state index in [0.717, 1.165) is 18.4 Å². The van der Waals surface area contributed by atoms with Crippen LogP contribution in [0.1, 0.15) is 56.9 Å². The quantitative estimate of drug-likeness (QED) is 0.676. The van der Waals surface area contributed by atoms with E-state index >= 15 is 0 Å². The van der Waals surface area contributed by atoms with Gasteiger partial charge in [-0.2, -0.15) is 0 Å². The first kappa shape index (κ1) is 20.2.